The summed E-state index contributed by atoms with van der Waals surface area (Å²) in [5, 5.41) is 1.39. The third kappa shape index (κ3) is 4.84. The Kier molecular flexibility index (Phi) is 7.76. The number of aromatic nitrogens is 1. The molecule has 3 nitrogen and oxygen atoms in total. The summed E-state index contributed by atoms with van der Waals surface area (Å²) in [5.74, 6) is 0. The van der Waals surface area contributed by atoms with Gasteiger partial charge in [-0.1, -0.05) is 43.7 Å². The highest BCUT2D eigenvalue weighted by atomic mass is 15.1. The average Bonchev–Trinajstić information content (AvgIpc) is 3.13. The Morgan fingerprint density at radius 1 is 0.862 bits per heavy atom. The van der Waals surface area contributed by atoms with Crippen molar-refractivity contribution in [1.82, 2.24) is 4.98 Å². The molecule has 3 rings (SSSR count). The van der Waals surface area contributed by atoms with Crippen LogP contribution in [0, 0.1) is 0 Å². The molecule has 3 heteroatoms. The summed E-state index contributed by atoms with van der Waals surface area (Å²) >= 11 is 0. The van der Waals surface area contributed by atoms with Gasteiger partial charge in [0.1, 0.15) is 0 Å². The number of anilines is 1. The number of rotatable bonds is 11. The molecule has 1 aromatic heterocycles. The van der Waals surface area contributed by atoms with Crippen molar-refractivity contribution < 1.29 is 0 Å². The number of benzene rings is 2. The van der Waals surface area contributed by atoms with Crippen molar-refractivity contribution in [2.24, 2.45) is 5.73 Å². The molecule has 0 bridgehead atoms. The highest BCUT2D eigenvalue weighted by Gasteiger charge is 2.15. The summed E-state index contributed by atoms with van der Waals surface area (Å²) in [6, 6.07) is 15.9. The van der Waals surface area contributed by atoms with Gasteiger partial charge in [0, 0.05) is 35.4 Å². The molecular weight excluding hydrogens is 354 g/mol. The Bertz CT molecular complexity index is 888. The summed E-state index contributed by atoms with van der Waals surface area (Å²) in [6.07, 6.45) is 6.86. The number of hydrogen-bond donors (Lipinski definition) is 2. The van der Waals surface area contributed by atoms with Crippen LogP contribution in [0.15, 0.2) is 42.5 Å². The summed E-state index contributed by atoms with van der Waals surface area (Å²) in [5.41, 5.74) is 13.8. The van der Waals surface area contributed by atoms with Gasteiger partial charge >= 0.3 is 0 Å². The first kappa shape index (κ1) is 21.4. The zero-order chi connectivity index (χ0) is 20.6. The van der Waals surface area contributed by atoms with Crippen molar-refractivity contribution >= 4 is 16.6 Å². The number of para-hydroxylation sites is 1. The Labute approximate surface area is 176 Å². The van der Waals surface area contributed by atoms with Crippen LogP contribution in [0.25, 0.3) is 22.2 Å². The normalized spacial score (nSPS) is 11.3. The summed E-state index contributed by atoms with van der Waals surface area (Å²) in [6.45, 7) is 9.51. The molecule has 0 amide bonds. The maximum Gasteiger partial charge on any atom is 0.0497 e. The fourth-order valence-corrected chi connectivity index (χ4v) is 4.29. The van der Waals surface area contributed by atoms with Crippen molar-refractivity contribution in [3.63, 3.8) is 0 Å². The first-order chi connectivity index (χ1) is 14.2. The van der Waals surface area contributed by atoms with Gasteiger partial charge in [-0.3, -0.25) is 0 Å². The lowest BCUT2D eigenvalue weighted by atomic mass is 9.98. The summed E-state index contributed by atoms with van der Waals surface area (Å²) in [7, 11) is 0. The Morgan fingerprint density at radius 3 is 2.28 bits per heavy atom. The minimum atomic E-state index is 0.762. The largest absolute Gasteiger partial charge is 0.372 e. The summed E-state index contributed by atoms with van der Waals surface area (Å²) in [4.78, 5) is 6.21. The first-order valence-corrected chi connectivity index (χ1v) is 11.4. The molecule has 0 aliphatic heterocycles. The molecule has 0 aliphatic rings. The lowest BCUT2D eigenvalue weighted by molar-refractivity contribution is 0.748. The Balaban J connectivity index is 2.03. The lowest BCUT2D eigenvalue weighted by Gasteiger charge is -2.21. The minimum absolute atomic E-state index is 0.762. The molecular formula is C26H37N3. The second-order valence-electron chi connectivity index (χ2n) is 7.89. The van der Waals surface area contributed by atoms with Gasteiger partial charge in [0.05, 0.1) is 0 Å². The van der Waals surface area contributed by atoms with E-state index >= 15 is 0 Å². The van der Waals surface area contributed by atoms with E-state index in [4.69, 9.17) is 5.73 Å². The van der Waals surface area contributed by atoms with Crippen molar-refractivity contribution in [1.29, 1.82) is 0 Å². The van der Waals surface area contributed by atoms with E-state index in [2.05, 4.69) is 73.1 Å². The number of unbranched alkanes of at least 4 members (excludes halogenated alkanes) is 2. The number of nitrogens with two attached hydrogens (primary N) is 1. The van der Waals surface area contributed by atoms with E-state index in [9.17, 15) is 0 Å². The van der Waals surface area contributed by atoms with Crippen molar-refractivity contribution in [2.75, 3.05) is 24.5 Å². The average molecular weight is 392 g/mol. The maximum absolute atomic E-state index is 5.77. The van der Waals surface area contributed by atoms with Crippen LogP contribution in [0.4, 0.5) is 5.69 Å². The number of hydrogen-bond acceptors (Lipinski definition) is 2. The van der Waals surface area contributed by atoms with Gasteiger partial charge in [0.25, 0.3) is 0 Å². The molecule has 156 valence electrons. The van der Waals surface area contributed by atoms with Gasteiger partial charge < -0.3 is 15.6 Å². The second-order valence-corrected chi connectivity index (χ2v) is 7.89. The zero-order valence-corrected chi connectivity index (χ0v) is 18.4. The monoisotopic (exact) mass is 391 g/mol. The topological polar surface area (TPSA) is 45.0 Å². The molecule has 0 spiro atoms. The van der Waals surface area contributed by atoms with Crippen LogP contribution < -0.4 is 10.6 Å². The highest BCUT2D eigenvalue weighted by molar-refractivity contribution is 5.93. The SMILES string of the molecule is CCCCc1cccc2c(CCCCN)c(-c3ccc(N(CC)CC)cc3)[nH]c12. The second kappa shape index (κ2) is 10.5. The van der Waals surface area contributed by atoms with Gasteiger partial charge in [0.2, 0.25) is 0 Å². The number of nitrogens with zero attached hydrogens (tertiary/aromatic N) is 1. The van der Waals surface area contributed by atoms with E-state index in [-0.39, 0.29) is 0 Å². The standard InChI is InChI=1S/C26H37N3/c1-4-7-11-20-12-10-14-24-23(13-8-9-19-27)26(28-25(20)24)21-15-17-22(18-16-21)29(5-2)6-3/h10,12,14-18,28H,4-9,11,13,19,27H2,1-3H3. The lowest BCUT2D eigenvalue weighted by Crippen LogP contribution is -2.21. The van der Waals surface area contributed by atoms with Crippen LogP contribution in [0.1, 0.15) is 57.6 Å². The quantitative estimate of drug-likeness (QED) is 0.376. The van der Waals surface area contributed by atoms with Crippen LogP contribution in [0.3, 0.4) is 0 Å². The highest BCUT2D eigenvalue weighted by Crippen LogP contribution is 2.34. The first-order valence-electron chi connectivity index (χ1n) is 11.4. The third-order valence-electron chi connectivity index (χ3n) is 5.99. The van der Waals surface area contributed by atoms with E-state index in [1.807, 2.05) is 0 Å². The van der Waals surface area contributed by atoms with Crippen LogP contribution in [-0.4, -0.2) is 24.6 Å². The number of nitrogens with one attached hydrogen (secondary N) is 1. The number of aromatic amines is 1. The van der Waals surface area contributed by atoms with E-state index in [1.54, 1.807) is 0 Å². The van der Waals surface area contributed by atoms with Crippen molar-refractivity contribution in [3.05, 3.63) is 53.6 Å². The maximum atomic E-state index is 5.77. The van der Waals surface area contributed by atoms with Gasteiger partial charge in [-0.15, -0.1) is 0 Å². The van der Waals surface area contributed by atoms with Crippen molar-refractivity contribution in [2.45, 2.75) is 59.3 Å². The summed E-state index contributed by atoms with van der Waals surface area (Å²) < 4.78 is 0. The fraction of sp³-hybridized carbons (Fsp3) is 0.462. The Hall–Kier alpha value is -2.26. The van der Waals surface area contributed by atoms with Gasteiger partial charge in [-0.05, 0) is 81.3 Å². The Morgan fingerprint density at radius 2 is 1.62 bits per heavy atom. The number of aryl methyl sites for hydroxylation is 2. The molecule has 0 atom stereocenters. The molecule has 0 fully saturated rings. The minimum Gasteiger partial charge on any atom is -0.372 e. The van der Waals surface area contributed by atoms with Gasteiger partial charge in [-0.2, -0.15) is 0 Å². The smallest absolute Gasteiger partial charge is 0.0497 e. The predicted octanol–water partition coefficient (Wildman–Crippen LogP) is 6.31. The van der Waals surface area contributed by atoms with Crippen LogP contribution in [0.5, 0.6) is 0 Å². The van der Waals surface area contributed by atoms with Crippen molar-refractivity contribution in [3.8, 4) is 11.3 Å². The number of fused-ring (bicyclic) bond motifs is 1. The molecule has 0 saturated carbocycles. The molecule has 2 aromatic carbocycles. The fourth-order valence-electron chi connectivity index (χ4n) is 4.29. The number of H-pyrrole nitrogens is 1. The molecule has 3 N–H and O–H groups in total. The predicted molar refractivity (Wildman–Crippen MR) is 128 cm³/mol. The van der Waals surface area contributed by atoms with E-state index < -0.39 is 0 Å². The van der Waals surface area contributed by atoms with Crippen LogP contribution >= 0.6 is 0 Å². The molecule has 0 saturated heterocycles. The van der Waals surface area contributed by atoms with E-state index in [0.29, 0.717) is 0 Å². The molecule has 0 unspecified atom stereocenters. The van der Waals surface area contributed by atoms with Crippen LogP contribution in [-0.2, 0) is 12.8 Å². The molecule has 3 aromatic rings. The van der Waals surface area contributed by atoms with Gasteiger partial charge in [0.15, 0.2) is 0 Å². The van der Waals surface area contributed by atoms with E-state index in [1.165, 1.54) is 51.8 Å². The molecule has 0 aliphatic carbocycles. The molecule has 0 radical (unpaired) electrons. The molecule has 29 heavy (non-hydrogen) atoms. The molecule has 1 heterocycles. The van der Waals surface area contributed by atoms with Gasteiger partial charge in [-0.25, -0.2) is 0 Å². The third-order valence-corrected chi connectivity index (χ3v) is 5.99. The van der Waals surface area contributed by atoms with Crippen LogP contribution in [0.2, 0.25) is 0 Å². The zero-order valence-electron chi connectivity index (χ0n) is 18.4. The van der Waals surface area contributed by atoms with E-state index in [0.717, 1.165) is 45.3 Å².